The number of aliphatic hydroxyl groups is 1. The summed E-state index contributed by atoms with van der Waals surface area (Å²) in [6, 6.07) is 8.20. The van der Waals surface area contributed by atoms with E-state index in [1.165, 1.54) is 5.56 Å². The van der Waals surface area contributed by atoms with Gasteiger partial charge in [0.15, 0.2) is 0 Å². The van der Waals surface area contributed by atoms with Gasteiger partial charge >= 0.3 is 0 Å². The van der Waals surface area contributed by atoms with E-state index in [1.807, 2.05) is 18.2 Å². The van der Waals surface area contributed by atoms with Gasteiger partial charge in [0.05, 0.1) is 0 Å². The predicted octanol–water partition coefficient (Wildman–Crippen LogP) is 2.08. The summed E-state index contributed by atoms with van der Waals surface area (Å²) in [7, 11) is 2.16. The normalized spacial score (nSPS) is 17.9. The van der Waals surface area contributed by atoms with Crippen LogP contribution in [0, 0.1) is 0 Å². The van der Waals surface area contributed by atoms with Gasteiger partial charge < -0.3 is 14.7 Å². The first-order chi connectivity index (χ1) is 8.79. The van der Waals surface area contributed by atoms with Gasteiger partial charge in [0, 0.05) is 19.7 Å². The van der Waals surface area contributed by atoms with E-state index < -0.39 is 0 Å². The summed E-state index contributed by atoms with van der Waals surface area (Å²) in [5, 5.41) is 8.92. The first kappa shape index (κ1) is 13.4. The van der Waals surface area contributed by atoms with Gasteiger partial charge in [-0.3, -0.25) is 0 Å². The average Bonchev–Trinajstić information content (AvgIpc) is 2.40. The lowest BCUT2D eigenvalue weighted by Crippen LogP contribution is -2.35. The fourth-order valence-electron chi connectivity index (χ4n) is 2.38. The van der Waals surface area contributed by atoms with Crippen LogP contribution in [-0.2, 0) is 6.42 Å². The molecule has 0 radical (unpaired) electrons. The van der Waals surface area contributed by atoms with Crippen molar-refractivity contribution in [1.82, 2.24) is 4.90 Å². The van der Waals surface area contributed by atoms with Crippen molar-refractivity contribution in [2.45, 2.75) is 31.8 Å². The molecule has 2 rings (SSSR count). The number of ether oxygens (including phenoxy) is 1. The van der Waals surface area contributed by atoms with E-state index in [9.17, 15) is 0 Å². The zero-order valence-electron chi connectivity index (χ0n) is 11.1. The molecule has 1 aliphatic rings. The Morgan fingerprint density at radius 3 is 2.72 bits per heavy atom. The lowest BCUT2D eigenvalue weighted by molar-refractivity contribution is 0.113. The third-order valence-corrected chi connectivity index (χ3v) is 3.54. The Morgan fingerprint density at radius 2 is 2.00 bits per heavy atom. The lowest BCUT2D eigenvalue weighted by Gasteiger charge is -2.30. The average molecular weight is 249 g/mol. The van der Waals surface area contributed by atoms with Crippen LogP contribution < -0.4 is 4.74 Å². The zero-order chi connectivity index (χ0) is 12.8. The quantitative estimate of drug-likeness (QED) is 0.867. The minimum atomic E-state index is 0.239. The molecule has 0 amide bonds. The summed E-state index contributed by atoms with van der Waals surface area (Å²) in [4.78, 5) is 2.34. The number of aryl methyl sites for hydroxylation is 1. The van der Waals surface area contributed by atoms with Crippen LogP contribution in [0.3, 0.4) is 0 Å². The Morgan fingerprint density at radius 1 is 1.28 bits per heavy atom. The molecule has 3 nitrogen and oxygen atoms in total. The molecule has 3 heteroatoms. The standard InChI is InChI=1S/C15H23NO2/c1-16-10-8-14(9-11-16)18-15-7-3-2-5-13(15)6-4-12-17/h2-3,5,7,14,17H,4,6,8-12H2,1H3. The maximum Gasteiger partial charge on any atom is 0.122 e. The maximum absolute atomic E-state index is 8.92. The Labute approximate surface area is 109 Å². The van der Waals surface area contributed by atoms with Crippen LogP contribution in [0.5, 0.6) is 5.75 Å². The molecular formula is C15H23NO2. The van der Waals surface area contributed by atoms with Crippen molar-refractivity contribution in [3.05, 3.63) is 29.8 Å². The van der Waals surface area contributed by atoms with E-state index in [0.29, 0.717) is 6.10 Å². The Bertz CT molecular complexity index is 359. The van der Waals surface area contributed by atoms with Crippen molar-refractivity contribution in [2.24, 2.45) is 0 Å². The number of hydrogen-bond donors (Lipinski definition) is 1. The third-order valence-electron chi connectivity index (χ3n) is 3.54. The van der Waals surface area contributed by atoms with Crippen LogP contribution in [-0.4, -0.2) is 42.9 Å². The van der Waals surface area contributed by atoms with Crippen molar-refractivity contribution < 1.29 is 9.84 Å². The highest BCUT2D eigenvalue weighted by atomic mass is 16.5. The molecule has 1 aromatic rings. The minimum Gasteiger partial charge on any atom is -0.490 e. The number of hydrogen-bond acceptors (Lipinski definition) is 3. The largest absolute Gasteiger partial charge is 0.490 e. The highest BCUT2D eigenvalue weighted by Crippen LogP contribution is 2.23. The second-order valence-corrected chi connectivity index (χ2v) is 5.06. The summed E-state index contributed by atoms with van der Waals surface area (Å²) in [5.41, 5.74) is 1.21. The summed E-state index contributed by atoms with van der Waals surface area (Å²) in [6.45, 7) is 2.47. The molecule has 0 spiro atoms. The van der Waals surface area contributed by atoms with Crippen molar-refractivity contribution in [3.63, 3.8) is 0 Å². The van der Waals surface area contributed by atoms with Crippen molar-refractivity contribution >= 4 is 0 Å². The fourth-order valence-corrected chi connectivity index (χ4v) is 2.38. The molecule has 0 aliphatic carbocycles. The zero-order valence-corrected chi connectivity index (χ0v) is 11.1. The molecule has 1 saturated heterocycles. The molecule has 0 aromatic heterocycles. The van der Waals surface area contributed by atoms with E-state index in [4.69, 9.17) is 9.84 Å². The molecule has 100 valence electrons. The molecule has 18 heavy (non-hydrogen) atoms. The molecule has 0 bridgehead atoms. The molecule has 1 aromatic carbocycles. The van der Waals surface area contributed by atoms with Gasteiger partial charge in [-0.25, -0.2) is 0 Å². The van der Waals surface area contributed by atoms with Crippen LogP contribution in [0.1, 0.15) is 24.8 Å². The van der Waals surface area contributed by atoms with Crippen molar-refractivity contribution in [3.8, 4) is 5.75 Å². The highest BCUT2D eigenvalue weighted by molar-refractivity contribution is 5.33. The SMILES string of the molecule is CN1CCC(Oc2ccccc2CCCO)CC1. The van der Waals surface area contributed by atoms with Gasteiger partial charge in [-0.15, -0.1) is 0 Å². The van der Waals surface area contributed by atoms with Crippen LogP contribution in [0.2, 0.25) is 0 Å². The van der Waals surface area contributed by atoms with Crippen LogP contribution >= 0.6 is 0 Å². The van der Waals surface area contributed by atoms with Gasteiger partial charge in [0.1, 0.15) is 11.9 Å². The van der Waals surface area contributed by atoms with Gasteiger partial charge in [-0.05, 0) is 44.4 Å². The number of para-hydroxylation sites is 1. The summed E-state index contributed by atoms with van der Waals surface area (Å²) in [5.74, 6) is 1.00. The third kappa shape index (κ3) is 3.72. The summed E-state index contributed by atoms with van der Waals surface area (Å²) in [6.07, 6.45) is 4.24. The van der Waals surface area contributed by atoms with E-state index >= 15 is 0 Å². The van der Waals surface area contributed by atoms with Crippen LogP contribution in [0.4, 0.5) is 0 Å². The monoisotopic (exact) mass is 249 g/mol. The molecule has 0 unspecified atom stereocenters. The van der Waals surface area contributed by atoms with E-state index in [0.717, 1.165) is 44.5 Å². The van der Waals surface area contributed by atoms with Gasteiger partial charge in [0.25, 0.3) is 0 Å². The second-order valence-electron chi connectivity index (χ2n) is 5.06. The number of likely N-dealkylation sites (tertiary alicyclic amines) is 1. The van der Waals surface area contributed by atoms with Crippen molar-refractivity contribution in [2.75, 3.05) is 26.7 Å². The van der Waals surface area contributed by atoms with Crippen LogP contribution in [0.15, 0.2) is 24.3 Å². The molecule has 0 saturated carbocycles. The number of aliphatic hydroxyl groups excluding tert-OH is 1. The number of piperidine rings is 1. The predicted molar refractivity (Wildman–Crippen MR) is 73.0 cm³/mol. The first-order valence-corrected chi connectivity index (χ1v) is 6.83. The summed E-state index contributed by atoms with van der Waals surface area (Å²) < 4.78 is 6.12. The van der Waals surface area contributed by atoms with E-state index in [2.05, 4.69) is 18.0 Å². The van der Waals surface area contributed by atoms with Gasteiger partial charge in [-0.2, -0.15) is 0 Å². The highest BCUT2D eigenvalue weighted by Gasteiger charge is 2.18. The van der Waals surface area contributed by atoms with Crippen molar-refractivity contribution in [1.29, 1.82) is 0 Å². The smallest absolute Gasteiger partial charge is 0.122 e. The fraction of sp³-hybridized carbons (Fsp3) is 0.600. The molecule has 1 heterocycles. The van der Waals surface area contributed by atoms with Gasteiger partial charge in [-0.1, -0.05) is 18.2 Å². The Kier molecular flexibility index (Phi) is 5.02. The maximum atomic E-state index is 8.92. The van der Waals surface area contributed by atoms with E-state index in [1.54, 1.807) is 0 Å². The molecule has 1 aliphatic heterocycles. The number of benzene rings is 1. The summed E-state index contributed by atoms with van der Waals surface area (Å²) >= 11 is 0. The Hall–Kier alpha value is -1.06. The molecule has 1 N–H and O–H groups in total. The lowest BCUT2D eigenvalue weighted by atomic mass is 10.1. The molecular weight excluding hydrogens is 226 g/mol. The van der Waals surface area contributed by atoms with Gasteiger partial charge in [0.2, 0.25) is 0 Å². The molecule has 1 fully saturated rings. The number of nitrogens with zero attached hydrogens (tertiary/aromatic N) is 1. The number of rotatable bonds is 5. The Balaban J connectivity index is 1.95. The topological polar surface area (TPSA) is 32.7 Å². The second kappa shape index (κ2) is 6.76. The van der Waals surface area contributed by atoms with E-state index in [-0.39, 0.29) is 6.61 Å². The minimum absolute atomic E-state index is 0.239. The van der Waals surface area contributed by atoms with Crippen LogP contribution in [0.25, 0.3) is 0 Å². The first-order valence-electron chi connectivity index (χ1n) is 6.83. The molecule has 0 atom stereocenters.